The second-order valence-electron chi connectivity index (χ2n) is 21.4. The van der Waals surface area contributed by atoms with Crippen molar-refractivity contribution in [3.63, 3.8) is 0 Å². The molecule has 73 heavy (non-hydrogen) atoms. The van der Waals surface area contributed by atoms with Crippen molar-refractivity contribution in [3.8, 4) is 0 Å². The largest absolute Gasteiger partial charge is 2.00 e. The van der Waals surface area contributed by atoms with Crippen LogP contribution in [0.4, 0.5) is 0 Å². The molecule has 4 aromatic carbocycles. The molecule has 0 aliphatic heterocycles. The number of unbranched alkanes of at least 4 members (excludes halogenated alkanes) is 32. The summed E-state index contributed by atoms with van der Waals surface area (Å²) in [5, 5.41) is 2.92. The van der Waals surface area contributed by atoms with Crippen LogP contribution in [0.5, 0.6) is 0 Å². The predicted octanol–water partition coefficient (Wildman–Crippen LogP) is 19.4. The Balaban J connectivity index is 0.000000493. The van der Waals surface area contributed by atoms with E-state index in [1.165, 1.54) is 204 Å². The number of fused-ring (bicyclic) bond motifs is 2. The summed E-state index contributed by atoms with van der Waals surface area (Å²) in [4.78, 5) is 0.0170. The number of hydrogen-bond donors (Lipinski definition) is 0. The zero-order valence-corrected chi connectivity index (χ0v) is 50.9. The van der Waals surface area contributed by atoms with E-state index >= 15 is 0 Å². The summed E-state index contributed by atoms with van der Waals surface area (Å²) in [6.45, 7) is 8.98. The second kappa shape index (κ2) is 41.6. The summed E-state index contributed by atoms with van der Waals surface area (Å²) in [6.07, 6.45) is 48.8. The fraction of sp³-hybridized carbons (Fsp3) is 0.688. The Morgan fingerprint density at radius 2 is 0.534 bits per heavy atom. The molecule has 0 aliphatic rings. The molecule has 0 amide bonds. The van der Waals surface area contributed by atoms with Crippen LogP contribution in [0.25, 0.3) is 21.5 Å². The van der Waals surface area contributed by atoms with Gasteiger partial charge in [0, 0.05) is 0 Å². The van der Waals surface area contributed by atoms with Crippen molar-refractivity contribution in [1.82, 2.24) is 0 Å². The SMILES string of the molecule is CCCCCCCCCCCc1ccc2c(S(=O)(=O)[O-])c(CCCCCCCCCCC)ccc2c1.CCCCCCCCCCCc1ccc2c(S(=O)(=O)[O-])c(CCCCCCCCCCC)ccc2c1.[Ca+2]. The van der Waals surface area contributed by atoms with Crippen molar-refractivity contribution in [2.24, 2.45) is 0 Å². The number of rotatable bonds is 42. The van der Waals surface area contributed by atoms with Gasteiger partial charge in [-0.2, -0.15) is 0 Å². The van der Waals surface area contributed by atoms with Crippen LogP contribution in [0.1, 0.15) is 281 Å². The van der Waals surface area contributed by atoms with Crippen LogP contribution in [-0.4, -0.2) is 63.7 Å². The van der Waals surface area contributed by atoms with Crippen molar-refractivity contribution in [3.05, 3.63) is 82.9 Å². The third-order valence-corrected chi connectivity index (χ3v) is 16.9. The van der Waals surface area contributed by atoms with Crippen molar-refractivity contribution in [1.29, 1.82) is 0 Å². The first-order valence-electron chi connectivity index (χ1n) is 29.9. The topological polar surface area (TPSA) is 114 Å². The Hall–Kier alpha value is -1.52. The monoisotopic (exact) mass is 1070 g/mol. The third kappa shape index (κ3) is 29.2. The van der Waals surface area contributed by atoms with Crippen LogP contribution < -0.4 is 0 Å². The predicted molar refractivity (Wildman–Crippen MR) is 313 cm³/mol. The van der Waals surface area contributed by atoms with Gasteiger partial charge in [0.1, 0.15) is 20.2 Å². The first-order valence-corrected chi connectivity index (χ1v) is 32.8. The summed E-state index contributed by atoms with van der Waals surface area (Å²) < 4.78 is 73.3. The smallest absolute Gasteiger partial charge is 0.744 e. The van der Waals surface area contributed by atoms with Crippen LogP contribution >= 0.6 is 0 Å². The fourth-order valence-corrected chi connectivity index (χ4v) is 12.5. The molecule has 6 nitrogen and oxygen atoms in total. The van der Waals surface area contributed by atoms with E-state index < -0.39 is 20.2 Å². The number of benzene rings is 4. The molecule has 0 saturated carbocycles. The molecule has 0 aliphatic carbocycles. The molecule has 408 valence electrons. The molecule has 0 spiro atoms. The van der Waals surface area contributed by atoms with E-state index in [4.69, 9.17) is 0 Å². The maximum absolute atomic E-state index is 12.2. The van der Waals surface area contributed by atoms with E-state index in [2.05, 4.69) is 39.8 Å². The van der Waals surface area contributed by atoms with Crippen molar-refractivity contribution in [2.75, 3.05) is 0 Å². The molecule has 9 heteroatoms. The Labute approximate surface area is 478 Å². The third-order valence-electron chi connectivity index (χ3n) is 15.0. The molecular formula is C64H102CaO6S2. The van der Waals surface area contributed by atoms with E-state index in [1.54, 1.807) is 0 Å². The van der Waals surface area contributed by atoms with Gasteiger partial charge >= 0.3 is 37.7 Å². The summed E-state index contributed by atoms with van der Waals surface area (Å²) >= 11 is 0. The molecule has 0 unspecified atom stereocenters. The zero-order valence-electron chi connectivity index (χ0n) is 47.0. The zero-order chi connectivity index (χ0) is 52.1. The summed E-state index contributed by atoms with van der Waals surface area (Å²) in [7, 11) is -9.04. The van der Waals surface area contributed by atoms with Gasteiger partial charge in [0.05, 0.1) is 9.79 Å². The average molecular weight is 1070 g/mol. The van der Waals surface area contributed by atoms with Gasteiger partial charge in [0.25, 0.3) is 0 Å². The van der Waals surface area contributed by atoms with E-state index in [0.717, 1.165) is 62.1 Å². The molecule has 0 fully saturated rings. The standard InChI is InChI=1S/2C32H52O3S.Ca/c2*1-3-5-7-9-11-13-15-17-19-21-28-23-26-31-30(27-28)25-24-29(32(31)36(33,34)35)22-20-18-16-14-12-10-8-6-4-2;/h2*23-27H,3-22H2,1-2H3,(H,33,34,35);/q;;+2/p-2. The van der Waals surface area contributed by atoms with Crippen LogP contribution in [0.2, 0.25) is 0 Å². The molecule has 0 atom stereocenters. The minimum atomic E-state index is -4.52. The van der Waals surface area contributed by atoms with Crippen LogP contribution in [0, 0.1) is 0 Å². The molecule has 0 aromatic heterocycles. The Morgan fingerprint density at radius 3 is 0.781 bits per heavy atom. The fourth-order valence-electron chi connectivity index (χ4n) is 10.6. The van der Waals surface area contributed by atoms with Gasteiger partial charge in [0.15, 0.2) is 0 Å². The van der Waals surface area contributed by atoms with E-state index in [9.17, 15) is 25.9 Å². The second-order valence-corrected chi connectivity index (χ2v) is 24.1. The summed E-state index contributed by atoms with van der Waals surface area (Å²) in [5.41, 5.74) is 3.83. The first kappa shape index (κ1) is 67.6. The molecule has 0 radical (unpaired) electrons. The minimum Gasteiger partial charge on any atom is -0.744 e. The number of aryl methyl sites for hydroxylation is 4. The Morgan fingerprint density at radius 1 is 0.301 bits per heavy atom. The quantitative estimate of drug-likeness (QED) is 0.0248. The molecule has 0 saturated heterocycles. The molecule has 0 bridgehead atoms. The molecular weight excluding hydrogens is 969 g/mol. The van der Waals surface area contributed by atoms with Gasteiger partial charge in [-0.1, -0.05) is 294 Å². The summed E-state index contributed by atoms with van der Waals surface area (Å²) in [5.74, 6) is 0. The van der Waals surface area contributed by atoms with Crippen LogP contribution in [0.3, 0.4) is 0 Å². The van der Waals surface area contributed by atoms with E-state index in [-0.39, 0.29) is 47.5 Å². The van der Waals surface area contributed by atoms with Crippen molar-refractivity contribution >= 4 is 79.5 Å². The van der Waals surface area contributed by atoms with Gasteiger partial charge in [-0.05, 0) is 95.2 Å². The number of hydrogen-bond acceptors (Lipinski definition) is 6. The normalized spacial score (nSPS) is 11.8. The van der Waals surface area contributed by atoms with E-state index in [1.807, 2.05) is 48.5 Å². The molecule has 0 heterocycles. The van der Waals surface area contributed by atoms with Gasteiger partial charge in [-0.25, -0.2) is 16.8 Å². The maximum Gasteiger partial charge on any atom is 2.00 e. The minimum absolute atomic E-state index is 0. The van der Waals surface area contributed by atoms with Gasteiger partial charge in [-0.3, -0.25) is 0 Å². The molecule has 4 aromatic rings. The summed E-state index contributed by atoms with van der Waals surface area (Å²) in [6, 6.07) is 19.7. The van der Waals surface area contributed by atoms with Crippen LogP contribution in [-0.2, 0) is 45.9 Å². The van der Waals surface area contributed by atoms with Crippen LogP contribution in [0.15, 0.2) is 70.5 Å². The Kier molecular flexibility index (Phi) is 38.5. The first-order chi connectivity index (χ1) is 34.9. The van der Waals surface area contributed by atoms with Gasteiger partial charge < -0.3 is 9.11 Å². The molecule has 4 rings (SSSR count). The average Bonchev–Trinajstić information content (AvgIpc) is 3.35. The Bertz CT molecular complexity index is 2100. The van der Waals surface area contributed by atoms with Gasteiger partial charge in [-0.15, -0.1) is 0 Å². The van der Waals surface area contributed by atoms with Crippen molar-refractivity contribution < 1.29 is 25.9 Å². The maximum atomic E-state index is 12.2. The van der Waals surface area contributed by atoms with E-state index in [0.29, 0.717) is 34.7 Å². The van der Waals surface area contributed by atoms with Crippen molar-refractivity contribution in [2.45, 2.75) is 294 Å². The van der Waals surface area contributed by atoms with Gasteiger partial charge in [0.2, 0.25) is 0 Å². The molecule has 0 N–H and O–H groups in total.